The Balaban J connectivity index is 2.26. The third-order valence-electron chi connectivity index (χ3n) is 2.37. The van der Waals surface area contributed by atoms with E-state index in [9.17, 15) is 5.11 Å². The van der Waals surface area contributed by atoms with E-state index in [-0.39, 0.29) is 5.84 Å². The van der Waals surface area contributed by atoms with E-state index in [0.29, 0.717) is 24.7 Å². The van der Waals surface area contributed by atoms with Crippen molar-refractivity contribution in [2.45, 2.75) is 18.9 Å². The van der Waals surface area contributed by atoms with Crippen molar-refractivity contribution in [2.24, 2.45) is 0 Å². The molecule has 0 radical (unpaired) electrons. The molecule has 1 aromatic heterocycles. The number of nitrogen functional groups attached to an aromatic ring is 1. The summed E-state index contributed by atoms with van der Waals surface area (Å²) in [5.41, 5.74) is 5.53. The zero-order valence-electron chi connectivity index (χ0n) is 8.22. The summed E-state index contributed by atoms with van der Waals surface area (Å²) in [6.45, 7) is 0.652. The Morgan fingerprint density at radius 3 is 3.13 bits per heavy atom. The molecular weight excluding hydrogens is 194 g/mol. The smallest absolute Gasteiger partial charge is 0.232 e. The second kappa shape index (κ2) is 3.82. The molecule has 0 saturated carbocycles. The number of nitrogens with one attached hydrogen (secondary N) is 1. The lowest BCUT2D eigenvalue weighted by Crippen LogP contribution is -2.44. The third-order valence-corrected chi connectivity index (χ3v) is 2.37. The number of aliphatic hydroxyl groups excluding tert-OH is 1. The Labute approximate surface area is 87.3 Å². The molecule has 15 heavy (non-hydrogen) atoms. The Kier molecular flexibility index (Phi) is 2.51. The Morgan fingerprint density at radius 2 is 2.40 bits per heavy atom. The number of piperidine rings is 1. The second-order valence-electron chi connectivity index (χ2n) is 3.48. The van der Waals surface area contributed by atoms with Gasteiger partial charge in [0.1, 0.15) is 17.8 Å². The topological polar surface area (TPSA) is 99.1 Å². The van der Waals surface area contributed by atoms with Crippen molar-refractivity contribution in [1.82, 2.24) is 9.97 Å². The molecule has 0 aromatic carbocycles. The van der Waals surface area contributed by atoms with Crippen molar-refractivity contribution in [2.75, 3.05) is 17.2 Å². The molecule has 2 rings (SSSR count). The lowest BCUT2D eigenvalue weighted by Gasteiger charge is -2.30. The van der Waals surface area contributed by atoms with Gasteiger partial charge in [-0.25, -0.2) is 4.98 Å². The summed E-state index contributed by atoms with van der Waals surface area (Å²) in [6, 6.07) is 1.59. The van der Waals surface area contributed by atoms with Gasteiger partial charge >= 0.3 is 0 Å². The van der Waals surface area contributed by atoms with Crippen LogP contribution in [0.3, 0.4) is 0 Å². The summed E-state index contributed by atoms with van der Waals surface area (Å²) in [5.74, 6) is 0.901. The molecule has 1 aliphatic heterocycles. The second-order valence-corrected chi connectivity index (χ2v) is 3.48. The van der Waals surface area contributed by atoms with Crippen LogP contribution in [0.4, 0.5) is 11.8 Å². The number of nitrogens with zero attached hydrogens (tertiary/aromatic N) is 3. The van der Waals surface area contributed by atoms with Crippen LogP contribution in [0, 0.1) is 5.41 Å². The molecule has 1 aliphatic rings. The highest BCUT2D eigenvalue weighted by Crippen LogP contribution is 2.17. The van der Waals surface area contributed by atoms with Crippen molar-refractivity contribution in [3.05, 3.63) is 12.3 Å². The van der Waals surface area contributed by atoms with Crippen molar-refractivity contribution < 1.29 is 5.11 Å². The number of aliphatic hydroxyl groups is 1. The number of amidine groups is 1. The monoisotopic (exact) mass is 207 g/mol. The fourth-order valence-electron chi connectivity index (χ4n) is 1.58. The largest absolute Gasteiger partial charge is 0.385 e. The minimum absolute atomic E-state index is 0.145. The van der Waals surface area contributed by atoms with Crippen LogP contribution in [0.25, 0.3) is 0 Å². The van der Waals surface area contributed by atoms with Gasteiger partial charge in [-0.3, -0.25) is 10.3 Å². The average molecular weight is 207 g/mol. The molecule has 1 atom stereocenters. The molecule has 0 aliphatic carbocycles. The lowest BCUT2D eigenvalue weighted by atomic mass is 10.1. The summed E-state index contributed by atoms with van der Waals surface area (Å²) in [7, 11) is 0. The summed E-state index contributed by atoms with van der Waals surface area (Å²) in [6.07, 6.45) is 2.27. The van der Waals surface area contributed by atoms with Gasteiger partial charge in [-0.15, -0.1) is 0 Å². The highest BCUT2D eigenvalue weighted by atomic mass is 16.3. The summed E-state index contributed by atoms with van der Waals surface area (Å²) < 4.78 is 0. The number of hydrogen-bond donors (Lipinski definition) is 3. The van der Waals surface area contributed by atoms with Gasteiger partial charge in [-0.05, 0) is 18.9 Å². The van der Waals surface area contributed by atoms with E-state index in [1.54, 1.807) is 17.2 Å². The number of hydrogen-bond acceptors (Lipinski definition) is 5. The van der Waals surface area contributed by atoms with E-state index < -0.39 is 6.10 Å². The normalized spacial score (nSPS) is 21.8. The van der Waals surface area contributed by atoms with Gasteiger partial charge in [0.25, 0.3) is 0 Å². The molecule has 1 aromatic rings. The molecule has 6 heteroatoms. The zero-order valence-corrected chi connectivity index (χ0v) is 8.22. The highest BCUT2D eigenvalue weighted by molar-refractivity contribution is 5.97. The van der Waals surface area contributed by atoms with E-state index >= 15 is 0 Å². The Hall–Kier alpha value is -1.69. The quantitative estimate of drug-likeness (QED) is 0.601. The van der Waals surface area contributed by atoms with Gasteiger partial charge in [-0.2, -0.15) is 4.98 Å². The van der Waals surface area contributed by atoms with E-state index in [1.807, 2.05) is 0 Å². The molecular formula is C9H13N5O. The molecule has 0 bridgehead atoms. The van der Waals surface area contributed by atoms with Crippen LogP contribution in [0.15, 0.2) is 12.3 Å². The van der Waals surface area contributed by atoms with Gasteiger partial charge in [0.05, 0.1) is 0 Å². The summed E-state index contributed by atoms with van der Waals surface area (Å²) >= 11 is 0. The first kappa shape index (κ1) is 9.85. The van der Waals surface area contributed by atoms with Crippen LogP contribution in [-0.2, 0) is 0 Å². The average Bonchev–Trinajstić information content (AvgIpc) is 2.22. The summed E-state index contributed by atoms with van der Waals surface area (Å²) in [5, 5.41) is 17.2. The molecule has 1 fully saturated rings. The maximum atomic E-state index is 9.53. The summed E-state index contributed by atoms with van der Waals surface area (Å²) in [4.78, 5) is 9.64. The standard InChI is InChI=1S/C9H13N5O/c10-7-3-4-12-9(13-7)14-5-1-2-6(15)8(14)11/h3-4,6,11,15H,1-2,5H2,(H2,10,12,13). The Bertz CT molecular complexity index is 381. The zero-order chi connectivity index (χ0) is 10.8. The highest BCUT2D eigenvalue weighted by Gasteiger charge is 2.25. The van der Waals surface area contributed by atoms with Crippen LogP contribution >= 0.6 is 0 Å². The van der Waals surface area contributed by atoms with E-state index in [0.717, 1.165) is 6.42 Å². The first-order chi connectivity index (χ1) is 7.18. The SMILES string of the molecule is N=C1C(O)CCCN1c1nccc(N)n1. The maximum Gasteiger partial charge on any atom is 0.232 e. The third kappa shape index (κ3) is 1.89. The van der Waals surface area contributed by atoms with Gasteiger partial charge in [-0.1, -0.05) is 0 Å². The number of rotatable bonds is 1. The van der Waals surface area contributed by atoms with E-state index in [1.165, 1.54) is 0 Å². The van der Waals surface area contributed by atoms with Gasteiger partial charge in [0, 0.05) is 12.7 Å². The van der Waals surface area contributed by atoms with Crippen LogP contribution < -0.4 is 10.6 Å². The number of aromatic nitrogens is 2. The van der Waals surface area contributed by atoms with Crippen molar-refractivity contribution >= 4 is 17.6 Å². The molecule has 80 valence electrons. The fraction of sp³-hybridized carbons (Fsp3) is 0.444. The lowest BCUT2D eigenvalue weighted by molar-refractivity contribution is 0.217. The van der Waals surface area contributed by atoms with Crippen LogP contribution in [-0.4, -0.2) is 33.6 Å². The molecule has 0 amide bonds. The predicted molar refractivity (Wildman–Crippen MR) is 56.8 cm³/mol. The number of anilines is 2. The molecule has 0 spiro atoms. The molecule has 1 saturated heterocycles. The van der Waals surface area contributed by atoms with E-state index in [4.69, 9.17) is 11.1 Å². The van der Waals surface area contributed by atoms with Crippen molar-refractivity contribution in [1.29, 1.82) is 5.41 Å². The van der Waals surface area contributed by atoms with Crippen LogP contribution in [0.2, 0.25) is 0 Å². The predicted octanol–water partition coefficient (Wildman–Crippen LogP) is -0.00283. The van der Waals surface area contributed by atoms with Crippen molar-refractivity contribution in [3.63, 3.8) is 0 Å². The molecule has 4 N–H and O–H groups in total. The molecule has 6 nitrogen and oxygen atoms in total. The minimum Gasteiger partial charge on any atom is -0.385 e. The van der Waals surface area contributed by atoms with Gasteiger partial charge in [0.15, 0.2) is 0 Å². The minimum atomic E-state index is -0.719. The molecule has 2 heterocycles. The first-order valence-corrected chi connectivity index (χ1v) is 4.81. The number of nitrogens with two attached hydrogens (primary N) is 1. The van der Waals surface area contributed by atoms with Crippen molar-refractivity contribution in [3.8, 4) is 0 Å². The Morgan fingerprint density at radius 1 is 1.60 bits per heavy atom. The van der Waals surface area contributed by atoms with Gasteiger partial charge in [0.2, 0.25) is 5.95 Å². The molecule has 1 unspecified atom stereocenters. The van der Waals surface area contributed by atoms with Crippen LogP contribution in [0.1, 0.15) is 12.8 Å². The van der Waals surface area contributed by atoms with Gasteiger partial charge < -0.3 is 10.8 Å². The fourth-order valence-corrected chi connectivity index (χ4v) is 1.58. The van der Waals surface area contributed by atoms with Crippen LogP contribution in [0.5, 0.6) is 0 Å². The first-order valence-electron chi connectivity index (χ1n) is 4.81. The van der Waals surface area contributed by atoms with E-state index in [2.05, 4.69) is 9.97 Å². The maximum absolute atomic E-state index is 9.53.